The van der Waals surface area contributed by atoms with Crippen LogP contribution in [0.15, 0.2) is 29.3 Å². The fraction of sp³-hybridized carbons (Fsp3) is 0.548. The van der Waals surface area contributed by atoms with Gasteiger partial charge < -0.3 is 14.4 Å². The Bertz CT molecular complexity index is 1480. The second kappa shape index (κ2) is 9.72. The van der Waals surface area contributed by atoms with Crippen molar-refractivity contribution in [1.29, 1.82) is 0 Å². The van der Waals surface area contributed by atoms with Gasteiger partial charge in [-0.05, 0) is 109 Å². The van der Waals surface area contributed by atoms with E-state index < -0.39 is 5.60 Å². The first kappa shape index (κ1) is 27.0. The van der Waals surface area contributed by atoms with E-state index in [0.29, 0.717) is 0 Å². The third-order valence-electron chi connectivity index (χ3n) is 8.53. The third kappa shape index (κ3) is 4.82. The standard InChI is InChI=1S/C31H39N5O3S/c1-18-20(3)40-28-25(18)26(32-19(2)27-34-33-21(4)36(27)28)22-8-10-23(11-9-22)38-24-12-13-31(16-24)14-15-35(17-31)29(37)39-30(5,6)7/h8-11,19,24H,12-17H2,1-7H3/t19-,24?,31?/m0/s1. The molecule has 8 nitrogen and oxygen atoms in total. The Morgan fingerprint density at radius 2 is 1.85 bits per heavy atom. The molecule has 2 aliphatic heterocycles. The van der Waals surface area contributed by atoms with E-state index in [-0.39, 0.29) is 23.7 Å². The number of hydrogen-bond donors (Lipinski definition) is 0. The number of fused-ring (bicyclic) bond motifs is 3. The van der Waals surface area contributed by atoms with Crippen LogP contribution in [0.4, 0.5) is 4.79 Å². The second-order valence-corrected chi connectivity index (χ2v) is 13.9. The molecule has 1 amide bonds. The van der Waals surface area contributed by atoms with Gasteiger partial charge in [-0.15, -0.1) is 21.5 Å². The van der Waals surface area contributed by atoms with Gasteiger partial charge in [0.2, 0.25) is 0 Å². The van der Waals surface area contributed by atoms with Crippen molar-refractivity contribution in [2.75, 3.05) is 13.1 Å². The minimum atomic E-state index is -0.471. The molecule has 6 rings (SSSR count). The Labute approximate surface area is 240 Å². The Kier molecular flexibility index (Phi) is 6.56. The van der Waals surface area contributed by atoms with Gasteiger partial charge in [0.25, 0.3) is 0 Å². The van der Waals surface area contributed by atoms with Gasteiger partial charge in [0.1, 0.15) is 28.2 Å². The number of aromatic nitrogens is 3. The van der Waals surface area contributed by atoms with Crippen LogP contribution in [0.2, 0.25) is 0 Å². The molecule has 2 unspecified atom stereocenters. The average molecular weight is 562 g/mol. The van der Waals surface area contributed by atoms with Crippen LogP contribution >= 0.6 is 11.3 Å². The van der Waals surface area contributed by atoms with Crippen LogP contribution in [0, 0.1) is 26.2 Å². The minimum absolute atomic E-state index is 0.104. The van der Waals surface area contributed by atoms with Crippen molar-refractivity contribution in [3.63, 3.8) is 0 Å². The fourth-order valence-corrected chi connectivity index (χ4v) is 7.62. The van der Waals surface area contributed by atoms with Gasteiger partial charge in [0, 0.05) is 29.1 Å². The molecular formula is C31H39N5O3S. The maximum Gasteiger partial charge on any atom is 0.410 e. The van der Waals surface area contributed by atoms with E-state index in [1.165, 1.54) is 10.4 Å². The summed E-state index contributed by atoms with van der Waals surface area (Å²) in [5.41, 5.74) is 4.15. The maximum atomic E-state index is 12.6. The number of thiophene rings is 1. The van der Waals surface area contributed by atoms with Gasteiger partial charge in [-0.25, -0.2) is 4.79 Å². The number of aliphatic imine (C=N–C) groups is 1. The number of ether oxygens (including phenoxy) is 2. The third-order valence-corrected chi connectivity index (χ3v) is 9.72. The van der Waals surface area contributed by atoms with E-state index in [4.69, 9.17) is 14.5 Å². The van der Waals surface area contributed by atoms with E-state index in [1.54, 1.807) is 11.3 Å². The smallest absolute Gasteiger partial charge is 0.410 e. The number of likely N-dealkylation sites (tertiary alicyclic amines) is 1. The largest absolute Gasteiger partial charge is 0.490 e. The minimum Gasteiger partial charge on any atom is -0.490 e. The number of rotatable bonds is 3. The molecule has 0 radical (unpaired) electrons. The zero-order valence-electron chi connectivity index (χ0n) is 24.6. The van der Waals surface area contributed by atoms with E-state index in [0.717, 1.165) is 78.0 Å². The molecule has 3 aromatic rings. The van der Waals surface area contributed by atoms with Crippen molar-refractivity contribution >= 4 is 23.1 Å². The predicted octanol–water partition coefficient (Wildman–Crippen LogP) is 6.72. The topological polar surface area (TPSA) is 81.8 Å². The molecule has 3 atom stereocenters. The first-order valence-corrected chi connectivity index (χ1v) is 15.1. The molecule has 1 aliphatic carbocycles. The molecular weight excluding hydrogens is 522 g/mol. The molecule has 4 heterocycles. The van der Waals surface area contributed by atoms with Crippen LogP contribution in [0.5, 0.6) is 5.75 Å². The molecule has 9 heteroatoms. The van der Waals surface area contributed by atoms with Crippen molar-refractivity contribution in [2.24, 2.45) is 10.4 Å². The number of aryl methyl sites for hydroxylation is 2. The first-order chi connectivity index (χ1) is 18.9. The molecule has 212 valence electrons. The molecule has 1 aromatic carbocycles. The second-order valence-electron chi connectivity index (χ2n) is 12.7. The molecule has 0 bridgehead atoms. The molecule has 3 aliphatic rings. The summed E-state index contributed by atoms with van der Waals surface area (Å²) in [6.07, 6.45) is 4.01. The van der Waals surface area contributed by atoms with Gasteiger partial charge >= 0.3 is 6.09 Å². The Morgan fingerprint density at radius 3 is 2.58 bits per heavy atom. The summed E-state index contributed by atoms with van der Waals surface area (Å²) in [4.78, 5) is 20.9. The zero-order valence-corrected chi connectivity index (χ0v) is 25.4. The first-order valence-electron chi connectivity index (χ1n) is 14.3. The average Bonchev–Trinajstić information content (AvgIpc) is 3.64. The van der Waals surface area contributed by atoms with E-state index in [2.05, 4.69) is 59.8 Å². The number of benzene rings is 1. The van der Waals surface area contributed by atoms with Gasteiger partial charge in [0.05, 0.1) is 11.8 Å². The molecule has 2 fully saturated rings. The lowest BCUT2D eigenvalue weighted by molar-refractivity contribution is 0.0271. The number of hydrogen-bond acceptors (Lipinski definition) is 7. The van der Waals surface area contributed by atoms with Crippen molar-refractivity contribution in [3.8, 4) is 10.8 Å². The van der Waals surface area contributed by atoms with Gasteiger partial charge in [-0.1, -0.05) is 0 Å². The molecule has 1 saturated heterocycles. The van der Waals surface area contributed by atoms with Gasteiger partial charge in [0.15, 0.2) is 5.82 Å². The van der Waals surface area contributed by atoms with Crippen molar-refractivity contribution in [3.05, 3.63) is 57.5 Å². The summed E-state index contributed by atoms with van der Waals surface area (Å²) in [5, 5.41) is 9.95. The number of carbonyl (C=O) groups excluding carboxylic acids is 1. The highest BCUT2D eigenvalue weighted by molar-refractivity contribution is 7.15. The van der Waals surface area contributed by atoms with Crippen molar-refractivity contribution in [2.45, 2.75) is 91.9 Å². The maximum absolute atomic E-state index is 12.6. The van der Waals surface area contributed by atoms with Crippen LogP contribution in [-0.4, -0.2) is 56.3 Å². The fourth-order valence-electron chi connectivity index (χ4n) is 6.41. The SMILES string of the molecule is Cc1sc2c(c1C)C(c1ccc(OC3CCC4(CCN(C(=O)OC(C)(C)C)C4)C3)cc1)=N[C@@H](C)c1nnc(C)n1-2. The van der Waals surface area contributed by atoms with Crippen LogP contribution in [-0.2, 0) is 4.74 Å². The summed E-state index contributed by atoms with van der Waals surface area (Å²) < 4.78 is 14.3. The summed E-state index contributed by atoms with van der Waals surface area (Å²) in [6, 6.07) is 8.29. The van der Waals surface area contributed by atoms with E-state index in [9.17, 15) is 4.79 Å². The van der Waals surface area contributed by atoms with Gasteiger partial charge in [-0.3, -0.25) is 9.56 Å². The van der Waals surface area contributed by atoms with Crippen LogP contribution in [0.3, 0.4) is 0 Å². The molecule has 1 saturated carbocycles. The zero-order chi connectivity index (χ0) is 28.4. The Hall–Kier alpha value is -3.20. The molecule has 1 spiro atoms. The Morgan fingerprint density at radius 1 is 1.10 bits per heavy atom. The van der Waals surface area contributed by atoms with Crippen LogP contribution in [0.1, 0.15) is 92.6 Å². The summed E-state index contributed by atoms with van der Waals surface area (Å²) >= 11 is 1.78. The highest BCUT2D eigenvalue weighted by Gasteiger charge is 2.47. The monoisotopic (exact) mass is 561 g/mol. The van der Waals surface area contributed by atoms with Crippen LogP contribution < -0.4 is 4.74 Å². The predicted molar refractivity (Wildman–Crippen MR) is 157 cm³/mol. The Balaban J connectivity index is 1.17. The molecule has 0 N–H and O–H groups in total. The van der Waals surface area contributed by atoms with Gasteiger partial charge in [-0.2, -0.15) is 0 Å². The summed E-state index contributed by atoms with van der Waals surface area (Å²) in [6.45, 7) is 15.7. The lowest BCUT2D eigenvalue weighted by atomic mass is 9.85. The van der Waals surface area contributed by atoms with Crippen molar-refractivity contribution in [1.82, 2.24) is 19.7 Å². The summed E-state index contributed by atoms with van der Waals surface area (Å²) in [5.74, 6) is 2.64. The number of carbonyl (C=O) groups is 1. The van der Waals surface area contributed by atoms with Crippen molar-refractivity contribution < 1.29 is 14.3 Å². The number of nitrogens with zero attached hydrogens (tertiary/aromatic N) is 5. The lowest BCUT2D eigenvalue weighted by Crippen LogP contribution is -2.36. The highest BCUT2D eigenvalue weighted by Crippen LogP contribution is 2.47. The quantitative estimate of drug-likeness (QED) is 0.354. The van der Waals surface area contributed by atoms with E-state index >= 15 is 0 Å². The molecule has 2 aromatic heterocycles. The highest BCUT2D eigenvalue weighted by atomic mass is 32.1. The van der Waals surface area contributed by atoms with E-state index in [1.807, 2.05) is 32.6 Å². The molecule has 40 heavy (non-hydrogen) atoms. The van der Waals surface area contributed by atoms with Crippen LogP contribution in [0.25, 0.3) is 5.00 Å². The summed E-state index contributed by atoms with van der Waals surface area (Å²) in [7, 11) is 0. The lowest BCUT2D eigenvalue weighted by Gasteiger charge is -2.27. The number of amides is 1. The normalized spacial score (nSPS) is 24.1.